The number of benzene rings is 1. The number of rotatable bonds is 8. The van der Waals surface area contributed by atoms with Crippen LogP contribution in [0.1, 0.15) is 25.8 Å². The molecule has 1 aromatic rings. The number of para-hydroxylation sites is 1. The van der Waals surface area contributed by atoms with Crippen molar-refractivity contribution in [2.45, 2.75) is 27.2 Å². The number of hydrazine groups is 1. The molecule has 0 aliphatic carbocycles. The SMILES string of the molecule is CCOCCCN(CC)Nc1ccccc1C. The smallest absolute Gasteiger partial charge is 0.0519 e. The van der Waals surface area contributed by atoms with E-state index in [1.807, 2.05) is 6.92 Å². The number of ether oxygens (including phenoxy) is 1. The molecule has 3 nitrogen and oxygen atoms in total. The Bertz CT molecular complexity index is 315. The molecule has 0 radical (unpaired) electrons. The van der Waals surface area contributed by atoms with Crippen molar-refractivity contribution in [1.82, 2.24) is 5.01 Å². The minimum Gasteiger partial charge on any atom is -0.382 e. The molecule has 1 rings (SSSR count). The number of nitrogens with one attached hydrogen (secondary N) is 1. The van der Waals surface area contributed by atoms with Crippen LogP contribution in [0.15, 0.2) is 24.3 Å². The average Bonchev–Trinajstić information content (AvgIpc) is 2.35. The van der Waals surface area contributed by atoms with Crippen LogP contribution in [0, 0.1) is 6.92 Å². The van der Waals surface area contributed by atoms with Crippen molar-refractivity contribution in [3.05, 3.63) is 29.8 Å². The zero-order chi connectivity index (χ0) is 12.5. The largest absolute Gasteiger partial charge is 0.382 e. The van der Waals surface area contributed by atoms with Crippen LogP contribution >= 0.6 is 0 Å². The second-order valence-corrected chi connectivity index (χ2v) is 4.06. The van der Waals surface area contributed by atoms with E-state index >= 15 is 0 Å². The van der Waals surface area contributed by atoms with Gasteiger partial charge in [-0.25, -0.2) is 5.01 Å². The molecule has 0 saturated carbocycles. The minimum atomic E-state index is 0.803. The maximum absolute atomic E-state index is 5.35. The first kappa shape index (κ1) is 14.0. The van der Waals surface area contributed by atoms with Gasteiger partial charge >= 0.3 is 0 Å². The first-order valence-electron chi connectivity index (χ1n) is 6.42. The third kappa shape index (κ3) is 5.20. The molecule has 17 heavy (non-hydrogen) atoms. The summed E-state index contributed by atoms with van der Waals surface area (Å²) < 4.78 is 5.35. The summed E-state index contributed by atoms with van der Waals surface area (Å²) in [6.07, 6.45) is 1.06. The van der Waals surface area contributed by atoms with Gasteiger partial charge in [0, 0.05) is 26.3 Å². The predicted octanol–water partition coefficient (Wildman–Crippen LogP) is 3.07. The van der Waals surface area contributed by atoms with E-state index in [0.29, 0.717) is 0 Å². The van der Waals surface area contributed by atoms with Gasteiger partial charge in [0.25, 0.3) is 0 Å². The Labute approximate surface area is 105 Å². The highest BCUT2D eigenvalue weighted by molar-refractivity contribution is 5.49. The fourth-order valence-corrected chi connectivity index (χ4v) is 1.66. The standard InChI is InChI=1S/C14H24N2O/c1-4-16(11-8-12-17-5-2)15-14-10-7-6-9-13(14)3/h6-7,9-10,15H,4-5,8,11-12H2,1-3H3. The van der Waals surface area contributed by atoms with Crippen LogP contribution in [0.25, 0.3) is 0 Å². The molecule has 0 saturated heterocycles. The van der Waals surface area contributed by atoms with Crippen LogP contribution in [0.3, 0.4) is 0 Å². The molecule has 0 spiro atoms. The van der Waals surface area contributed by atoms with Gasteiger partial charge in [-0.2, -0.15) is 0 Å². The summed E-state index contributed by atoms with van der Waals surface area (Å²) in [6.45, 7) is 9.94. The van der Waals surface area contributed by atoms with Crippen LogP contribution in [0.5, 0.6) is 0 Å². The summed E-state index contributed by atoms with van der Waals surface area (Å²) in [7, 11) is 0. The van der Waals surface area contributed by atoms with Gasteiger partial charge in [0.1, 0.15) is 0 Å². The van der Waals surface area contributed by atoms with Crippen molar-refractivity contribution in [2.24, 2.45) is 0 Å². The van der Waals surface area contributed by atoms with E-state index in [0.717, 1.165) is 32.7 Å². The Morgan fingerprint density at radius 1 is 1.24 bits per heavy atom. The van der Waals surface area contributed by atoms with Crippen LogP contribution in [0.2, 0.25) is 0 Å². The van der Waals surface area contributed by atoms with Gasteiger partial charge in [0.05, 0.1) is 5.69 Å². The maximum atomic E-state index is 5.35. The van der Waals surface area contributed by atoms with E-state index < -0.39 is 0 Å². The first-order valence-corrected chi connectivity index (χ1v) is 6.42. The third-order valence-corrected chi connectivity index (χ3v) is 2.73. The van der Waals surface area contributed by atoms with Gasteiger partial charge in [0.15, 0.2) is 0 Å². The molecule has 0 aromatic heterocycles. The van der Waals surface area contributed by atoms with E-state index in [1.54, 1.807) is 0 Å². The number of hydrogen-bond donors (Lipinski definition) is 1. The minimum absolute atomic E-state index is 0.803. The van der Waals surface area contributed by atoms with E-state index in [4.69, 9.17) is 4.74 Å². The molecule has 0 amide bonds. The van der Waals surface area contributed by atoms with Gasteiger partial charge in [-0.15, -0.1) is 0 Å². The fraction of sp³-hybridized carbons (Fsp3) is 0.571. The lowest BCUT2D eigenvalue weighted by molar-refractivity contribution is 0.136. The molecule has 1 N–H and O–H groups in total. The highest BCUT2D eigenvalue weighted by Gasteiger charge is 2.03. The summed E-state index contributed by atoms with van der Waals surface area (Å²) in [6, 6.07) is 8.35. The molecule has 0 atom stereocenters. The number of aryl methyl sites for hydroxylation is 1. The van der Waals surface area contributed by atoms with E-state index in [2.05, 4.69) is 48.5 Å². The molecule has 0 aliphatic rings. The molecule has 0 unspecified atom stereocenters. The molecular weight excluding hydrogens is 212 g/mol. The molecule has 0 fully saturated rings. The van der Waals surface area contributed by atoms with E-state index in [1.165, 1.54) is 11.3 Å². The second-order valence-electron chi connectivity index (χ2n) is 4.06. The van der Waals surface area contributed by atoms with Crippen molar-refractivity contribution in [2.75, 3.05) is 31.7 Å². The Hall–Kier alpha value is -1.06. The molecule has 0 heterocycles. The summed E-state index contributed by atoms with van der Waals surface area (Å²) in [5, 5.41) is 2.22. The molecule has 3 heteroatoms. The Kier molecular flexibility index (Phi) is 6.67. The summed E-state index contributed by atoms with van der Waals surface area (Å²) in [5.74, 6) is 0. The van der Waals surface area contributed by atoms with Crippen molar-refractivity contribution >= 4 is 5.69 Å². The summed E-state index contributed by atoms with van der Waals surface area (Å²) in [4.78, 5) is 0. The van der Waals surface area contributed by atoms with Crippen LogP contribution < -0.4 is 5.43 Å². The van der Waals surface area contributed by atoms with E-state index in [-0.39, 0.29) is 0 Å². The Balaban J connectivity index is 2.38. The lowest BCUT2D eigenvalue weighted by Crippen LogP contribution is -2.31. The normalized spacial score (nSPS) is 10.8. The Morgan fingerprint density at radius 2 is 2.00 bits per heavy atom. The van der Waals surface area contributed by atoms with Gasteiger partial charge in [-0.3, -0.25) is 0 Å². The van der Waals surface area contributed by atoms with E-state index in [9.17, 15) is 0 Å². The summed E-state index contributed by atoms with van der Waals surface area (Å²) in [5.41, 5.74) is 5.91. The van der Waals surface area contributed by atoms with Crippen molar-refractivity contribution in [3.8, 4) is 0 Å². The lowest BCUT2D eigenvalue weighted by atomic mass is 10.2. The van der Waals surface area contributed by atoms with Crippen molar-refractivity contribution in [1.29, 1.82) is 0 Å². The maximum Gasteiger partial charge on any atom is 0.0519 e. The molecule has 96 valence electrons. The third-order valence-electron chi connectivity index (χ3n) is 2.73. The van der Waals surface area contributed by atoms with Gasteiger partial charge in [-0.1, -0.05) is 25.1 Å². The fourth-order valence-electron chi connectivity index (χ4n) is 1.66. The zero-order valence-electron chi connectivity index (χ0n) is 11.2. The van der Waals surface area contributed by atoms with Gasteiger partial charge < -0.3 is 10.2 Å². The van der Waals surface area contributed by atoms with Crippen LogP contribution in [0.4, 0.5) is 5.69 Å². The highest BCUT2D eigenvalue weighted by Crippen LogP contribution is 2.14. The highest BCUT2D eigenvalue weighted by atomic mass is 16.5. The zero-order valence-corrected chi connectivity index (χ0v) is 11.2. The van der Waals surface area contributed by atoms with Crippen molar-refractivity contribution < 1.29 is 4.74 Å². The first-order chi connectivity index (χ1) is 8.27. The quantitative estimate of drug-likeness (QED) is 0.554. The molecule has 0 bridgehead atoms. The van der Waals surface area contributed by atoms with Gasteiger partial charge in [-0.05, 0) is 31.9 Å². The van der Waals surface area contributed by atoms with Crippen LogP contribution in [-0.2, 0) is 4.74 Å². The topological polar surface area (TPSA) is 24.5 Å². The second kappa shape index (κ2) is 8.09. The summed E-state index contributed by atoms with van der Waals surface area (Å²) >= 11 is 0. The predicted molar refractivity (Wildman–Crippen MR) is 73.2 cm³/mol. The van der Waals surface area contributed by atoms with Crippen molar-refractivity contribution in [3.63, 3.8) is 0 Å². The average molecular weight is 236 g/mol. The number of hydrogen-bond acceptors (Lipinski definition) is 3. The molecular formula is C14H24N2O. The molecule has 1 aromatic carbocycles. The molecule has 0 aliphatic heterocycles. The monoisotopic (exact) mass is 236 g/mol. The number of nitrogens with zero attached hydrogens (tertiary/aromatic N) is 1. The lowest BCUT2D eigenvalue weighted by Gasteiger charge is -2.23. The Morgan fingerprint density at radius 3 is 2.65 bits per heavy atom. The van der Waals surface area contributed by atoms with Gasteiger partial charge in [0.2, 0.25) is 0 Å². The number of anilines is 1. The van der Waals surface area contributed by atoms with Crippen LogP contribution in [-0.4, -0.2) is 31.3 Å².